The van der Waals surface area contributed by atoms with Gasteiger partial charge in [-0.05, 0) is 18.8 Å². The number of carbonyl (C=O) groups excluding carboxylic acids is 1. The monoisotopic (exact) mass is 278 g/mol. The number of alkyl halides is 2. The third-order valence-electron chi connectivity index (χ3n) is 2.78. The van der Waals surface area contributed by atoms with Gasteiger partial charge >= 0.3 is 5.97 Å². The number of hydrogen-bond donors (Lipinski definition) is 1. The summed E-state index contributed by atoms with van der Waals surface area (Å²) in [7, 11) is 0. The molecule has 1 N–H and O–H groups in total. The minimum atomic E-state index is -2.03. The van der Waals surface area contributed by atoms with Gasteiger partial charge in [0.05, 0.1) is 6.61 Å². The lowest BCUT2D eigenvalue weighted by molar-refractivity contribution is -0.153. The molecule has 2 atom stereocenters. The van der Waals surface area contributed by atoms with E-state index in [2.05, 4.69) is 0 Å². The van der Waals surface area contributed by atoms with Gasteiger partial charge in [-0.25, -0.2) is 8.78 Å². The Morgan fingerprint density at radius 2 is 2.28 bits per heavy atom. The third kappa shape index (κ3) is 2.59. The van der Waals surface area contributed by atoms with Crippen molar-refractivity contribution in [3.63, 3.8) is 0 Å². The van der Waals surface area contributed by atoms with E-state index >= 15 is 0 Å². The molecule has 102 valence electrons. The van der Waals surface area contributed by atoms with Crippen molar-refractivity contribution in [2.45, 2.75) is 12.5 Å². The second kappa shape index (κ2) is 6.33. The van der Waals surface area contributed by atoms with Crippen LogP contribution in [0.1, 0.15) is 6.92 Å². The SMILES string of the molecule is CCOC(=O)C1C=CC(CF)=C(SC)C1(O)CF. The summed E-state index contributed by atoms with van der Waals surface area (Å²) in [4.78, 5) is 11.8. The summed E-state index contributed by atoms with van der Waals surface area (Å²) < 4.78 is 30.8. The van der Waals surface area contributed by atoms with Gasteiger partial charge in [0, 0.05) is 4.91 Å². The van der Waals surface area contributed by atoms with Gasteiger partial charge in [0.1, 0.15) is 24.9 Å². The van der Waals surface area contributed by atoms with Crippen LogP contribution in [0.5, 0.6) is 0 Å². The molecule has 0 fully saturated rings. The Kier molecular flexibility index (Phi) is 5.34. The third-order valence-corrected chi connectivity index (χ3v) is 3.81. The Hall–Kier alpha value is -0.880. The molecule has 0 aromatic heterocycles. The molecule has 0 aromatic rings. The van der Waals surface area contributed by atoms with E-state index in [1.54, 1.807) is 13.2 Å². The van der Waals surface area contributed by atoms with Crippen molar-refractivity contribution < 1.29 is 23.4 Å². The Morgan fingerprint density at radius 1 is 1.61 bits per heavy atom. The van der Waals surface area contributed by atoms with Gasteiger partial charge in [-0.1, -0.05) is 12.2 Å². The normalized spacial score (nSPS) is 27.5. The van der Waals surface area contributed by atoms with E-state index in [0.717, 1.165) is 11.8 Å². The fourth-order valence-electron chi connectivity index (χ4n) is 1.93. The summed E-state index contributed by atoms with van der Waals surface area (Å²) in [6.45, 7) is -0.220. The Labute approximate surface area is 109 Å². The number of allylic oxidation sites excluding steroid dienone is 2. The average molecular weight is 278 g/mol. The molecule has 0 radical (unpaired) electrons. The minimum Gasteiger partial charge on any atom is -0.465 e. The number of ether oxygens (including phenoxy) is 1. The van der Waals surface area contributed by atoms with E-state index in [0.29, 0.717) is 0 Å². The van der Waals surface area contributed by atoms with Crippen LogP contribution in [0, 0.1) is 5.92 Å². The van der Waals surface area contributed by atoms with Crippen LogP contribution in [0.2, 0.25) is 0 Å². The molecule has 0 bridgehead atoms. The zero-order chi connectivity index (χ0) is 13.8. The van der Waals surface area contributed by atoms with Crippen LogP contribution in [0.3, 0.4) is 0 Å². The average Bonchev–Trinajstić information content (AvgIpc) is 2.38. The molecule has 1 rings (SSSR count). The van der Waals surface area contributed by atoms with Crippen LogP contribution in [0.25, 0.3) is 0 Å². The molecular formula is C12H16F2O3S. The van der Waals surface area contributed by atoms with Crippen molar-refractivity contribution in [1.82, 2.24) is 0 Å². The van der Waals surface area contributed by atoms with Crippen LogP contribution < -0.4 is 0 Å². The number of aliphatic hydroxyl groups is 1. The van der Waals surface area contributed by atoms with Gasteiger partial charge in [-0.2, -0.15) is 0 Å². The summed E-state index contributed by atoms with van der Waals surface area (Å²) in [5, 5.41) is 10.3. The summed E-state index contributed by atoms with van der Waals surface area (Å²) in [6.07, 6.45) is 4.30. The van der Waals surface area contributed by atoms with Crippen molar-refractivity contribution >= 4 is 17.7 Å². The zero-order valence-corrected chi connectivity index (χ0v) is 11.1. The first-order chi connectivity index (χ1) is 8.54. The largest absolute Gasteiger partial charge is 0.465 e. The number of halogens is 2. The number of hydrogen-bond acceptors (Lipinski definition) is 4. The van der Waals surface area contributed by atoms with Gasteiger partial charge in [0.25, 0.3) is 0 Å². The van der Waals surface area contributed by atoms with Crippen LogP contribution in [-0.2, 0) is 9.53 Å². The lowest BCUT2D eigenvalue weighted by atomic mass is 9.82. The molecule has 18 heavy (non-hydrogen) atoms. The molecule has 0 spiro atoms. The highest BCUT2D eigenvalue weighted by Crippen LogP contribution is 2.40. The van der Waals surface area contributed by atoms with E-state index in [9.17, 15) is 18.7 Å². The molecule has 1 aliphatic carbocycles. The molecule has 0 amide bonds. The summed E-state index contributed by atoms with van der Waals surface area (Å²) in [5.74, 6) is -1.85. The van der Waals surface area contributed by atoms with Gasteiger partial charge < -0.3 is 9.84 Å². The van der Waals surface area contributed by atoms with E-state index in [1.165, 1.54) is 12.2 Å². The fourth-order valence-corrected chi connectivity index (χ4v) is 2.85. The Balaban J connectivity index is 3.16. The van der Waals surface area contributed by atoms with Gasteiger partial charge in [0.2, 0.25) is 0 Å². The number of esters is 1. The molecule has 0 heterocycles. The predicted molar refractivity (Wildman–Crippen MR) is 66.7 cm³/mol. The molecule has 6 heteroatoms. The standard InChI is InChI=1S/C12H16F2O3S/c1-3-17-11(15)9-5-4-8(6-13)10(18-2)12(9,16)7-14/h4-5,9,16H,3,6-7H2,1-2H3. The first-order valence-electron chi connectivity index (χ1n) is 5.51. The van der Waals surface area contributed by atoms with E-state index < -0.39 is 30.8 Å². The van der Waals surface area contributed by atoms with Gasteiger partial charge in [-0.15, -0.1) is 11.8 Å². The van der Waals surface area contributed by atoms with E-state index in [1.807, 2.05) is 0 Å². The summed E-state index contributed by atoms with van der Waals surface area (Å²) >= 11 is 1.04. The predicted octanol–water partition coefficient (Wildman–Crippen LogP) is 2.02. The van der Waals surface area contributed by atoms with Crippen LogP contribution in [-0.4, -0.2) is 42.9 Å². The lowest BCUT2D eigenvalue weighted by Gasteiger charge is -2.35. The van der Waals surface area contributed by atoms with Gasteiger partial charge in [-0.3, -0.25) is 4.79 Å². The second-order valence-corrected chi connectivity index (χ2v) is 4.66. The topological polar surface area (TPSA) is 46.5 Å². The maximum absolute atomic E-state index is 13.2. The summed E-state index contributed by atoms with van der Waals surface area (Å²) in [6, 6.07) is 0. The Bertz CT molecular complexity index is 382. The quantitative estimate of drug-likeness (QED) is 0.782. The van der Waals surface area contributed by atoms with Crippen molar-refractivity contribution in [2.75, 3.05) is 26.2 Å². The zero-order valence-electron chi connectivity index (χ0n) is 10.3. The maximum atomic E-state index is 13.2. The molecule has 0 saturated carbocycles. The van der Waals surface area contributed by atoms with Crippen LogP contribution in [0.15, 0.2) is 22.6 Å². The number of thioether (sulfide) groups is 1. The van der Waals surface area contributed by atoms with Crippen molar-refractivity contribution in [3.8, 4) is 0 Å². The number of carbonyl (C=O) groups is 1. The molecule has 0 saturated heterocycles. The highest BCUT2D eigenvalue weighted by molar-refractivity contribution is 8.02. The fraction of sp³-hybridized carbons (Fsp3) is 0.583. The molecule has 2 unspecified atom stereocenters. The Morgan fingerprint density at radius 3 is 2.72 bits per heavy atom. The first-order valence-corrected chi connectivity index (χ1v) is 6.74. The smallest absolute Gasteiger partial charge is 0.316 e. The lowest BCUT2D eigenvalue weighted by Crippen LogP contribution is -2.47. The van der Waals surface area contributed by atoms with Crippen molar-refractivity contribution in [1.29, 1.82) is 0 Å². The second-order valence-electron chi connectivity index (χ2n) is 3.84. The van der Waals surface area contributed by atoms with Crippen molar-refractivity contribution in [3.05, 3.63) is 22.6 Å². The maximum Gasteiger partial charge on any atom is 0.316 e. The minimum absolute atomic E-state index is 0.139. The molecule has 1 aliphatic rings. The van der Waals surface area contributed by atoms with E-state index in [4.69, 9.17) is 4.74 Å². The molecule has 0 aromatic carbocycles. The van der Waals surface area contributed by atoms with Crippen molar-refractivity contribution in [2.24, 2.45) is 5.92 Å². The van der Waals surface area contributed by atoms with Crippen LogP contribution >= 0.6 is 11.8 Å². The van der Waals surface area contributed by atoms with Crippen LogP contribution in [0.4, 0.5) is 8.78 Å². The first kappa shape index (κ1) is 15.2. The molecule has 0 aliphatic heterocycles. The highest BCUT2D eigenvalue weighted by Gasteiger charge is 2.47. The highest BCUT2D eigenvalue weighted by atomic mass is 32.2. The van der Waals surface area contributed by atoms with Gasteiger partial charge in [0.15, 0.2) is 0 Å². The number of rotatable bonds is 5. The molecule has 3 nitrogen and oxygen atoms in total. The molecular weight excluding hydrogens is 262 g/mol. The van der Waals surface area contributed by atoms with E-state index in [-0.39, 0.29) is 17.1 Å². The summed E-state index contributed by atoms with van der Waals surface area (Å²) in [5.41, 5.74) is -1.83.